The highest BCUT2D eigenvalue weighted by Gasteiger charge is 2.37. The smallest absolute Gasteiger partial charge is 0.252 e. The van der Waals surface area contributed by atoms with Gasteiger partial charge in [0, 0.05) is 39.2 Å². The molecule has 0 aromatic carbocycles. The quantitative estimate of drug-likeness (QED) is 0.586. The third-order valence-corrected chi connectivity index (χ3v) is 2.85. The van der Waals surface area contributed by atoms with Crippen LogP contribution in [-0.4, -0.2) is 62.8 Å². The fourth-order valence-corrected chi connectivity index (χ4v) is 1.70. The van der Waals surface area contributed by atoms with Gasteiger partial charge in [0.2, 0.25) is 0 Å². The van der Waals surface area contributed by atoms with Crippen LogP contribution in [0.5, 0.6) is 0 Å². The van der Waals surface area contributed by atoms with Gasteiger partial charge in [0.1, 0.15) is 5.60 Å². The molecular formula is C12H23NO5. The van der Waals surface area contributed by atoms with Gasteiger partial charge in [-0.25, -0.2) is 0 Å². The Hall–Kier alpha value is -0.690. The lowest BCUT2D eigenvalue weighted by molar-refractivity contribution is -0.149. The van der Waals surface area contributed by atoms with E-state index in [-0.39, 0.29) is 5.91 Å². The van der Waals surface area contributed by atoms with Gasteiger partial charge in [-0.1, -0.05) is 0 Å². The second-order valence-corrected chi connectivity index (χ2v) is 4.21. The van der Waals surface area contributed by atoms with Crippen molar-refractivity contribution in [3.63, 3.8) is 0 Å². The third kappa shape index (κ3) is 5.30. The molecule has 18 heavy (non-hydrogen) atoms. The zero-order valence-corrected chi connectivity index (χ0v) is 10.9. The van der Waals surface area contributed by atoms with Crippen LogP contribution in [0.2, 0.25) is 0 Å². The van der Waals surface area contributed by atoms with Gasteiger partial charge in [0.15, 0.2) is 0 Å². The molecule has 0 aliphatic carbocycles. The Labute approximate surface area is 108 Å². The Bertz CT molecular complexity index is 241. The molecule has 0 atom stereocenters. The van der Waals surface area contributed by atoms with Gasteiger partial charge >= 0.3 is 0 Å². The molecule has 0 saturated carbocycles. The van der Waals surface area contributed by atoms with Crippen LogP contribution >= 0.6 is 0 Å². The molecule has 1 fully saturated rings. The molecule has 6 heteroatoms. The molecule has 0 unspecified atom stereocenters. The largest absolute Gasteiger partial charge is 0.381 e. The first kappa shape index (κ1) is 15.4. The number of amides is 1. The highest BCUT2D eigenvalue weighted by atomic mass is 16.5. The Kier molecular flexibility index (Phi) is 7.19. The maximum absolute atomic E-state index is 11.8. The Morgan fingerprint density at radius 3 is 2.61 bits per heavy atom. The van der Waals surface area contributed by atoms with Crippen LogP contribution in [0.25, 0.3) is 0 Å². The zero-order valence-electron chi connectivity index (χ0n) is 10.9. The van der Waals surface area contributed by atoms with Gasteiger partial charge in [-0.15, -0.1) is 0 Å². The lowest BCUT2D eigenvalue weighted by Crippen LogP contribution is -2.50. The maximum Gasteiger partial charge on any atom is 0.252 e. The van der Waals surface area contributed by atoms with Gasteiger partial charge in [0.05, 0.1) is 19.8 Å². The van der Waals surface area contributed by atoms with E-state index in [1.807, 2.05) is 6.92 Å². The van der Waals surface area contributed by atoms with Crippen LogP contribution in [0.3, 0.4) is 0 Å². The lowest BCUT2D eigenvalue weighted by Gasteiger charge is -2.30. The fraction of sp³-hybridized carbons (Fsp3) is 0.917. The molecule has 1 amide bonds. The minimum Gasteiger partial charge on any atom is -0.381 e. The van der Waals surface area contributed by atoms with Crippen molar-refractivity contribution in [1.82, 2.24) is 5.32 Å². The average Bonchev–Trinajstić information content (AvgIpc) is 2.38. The summed E-state index contributed by atoms with van der Waals surface area (Å²) in [6.07, 6.45) is 0.702. The van der Waals surface area contributed by atoms with Crippen molar-refractivity contribution in [2.24, 2.45) is 0 Å². The topological polar surface area (TPSA) is 77.0 Å². The predicted octanol–water partition coefficient (Wildman–Crippen LogP) is -0.303. The Morgan fingerprint density at radius 1 is 1.28 bits per heavy atom. The summed E-state index contributed by atoms with van der Waals surface area (Å²) in [6, 6.07) is 0. The van der Waals surface area contributed by atoms with E-state index in [0.29, 0.717) is 59.0 Å². The van der Waals surface area contributed by atoms with Crippen molar-refractivity contribution in [1.29, 1.82) is 0 Å². The first-order valence-corrected chi connectivity index (χ1v) is 6.43. The predicted molar refractivity (Wildman–Crippen MR) is 65.3 cm³/mol. The summed E-state index contributed by atoms with van der Waals surface area (Å²) in [4.78, 5) is 11.8. The summed E-state index contributed by atoms with van der Waals surface area (Å²) in [5.74, 6) is -0.334. The van der Waals surface area contributed by atoms with Gasteiger partial charge in [-0.2, -0.15) is 0 Å². The van der Waals surface area contributed by atoms with E-state index in [2.05, 4.69) is 5.32 Å². The van der Waals surface area contributed by atoms with Crippen LogP contribution in [0, 0.1) is 0 Å². The number of hydrogen-bond donors (Lipinski definition) is 2. The second-order valence-electron chi connectivity index (χ2n) is 4.21. The average molecular weight is 261 g/mol. The van der Waals surface area contributed by atoms with E-state index in [4.69, 9.17) is 14.2 Å². The standard InChI is InChI=1S/C12H23NO5/c1-2-16-9-10-18-8-5-13-11(14)12(15)3-6-17-7-4-12/h15H,2-10H2,1H3,(H,13,14). The first-order valence-electron chi connectivity index (χ1n) is 6.43. The van der Waals surface area contributed by atoms with Crippen molar-refractivity contribution in [3.8, 4) is 0 Å². The normalized spacial score (nSPS) is 18.6. The number of ether oxygens (including phenoxy) is 3. The van der Waals surface area contributed by atoms with Crippen LogP contribution in [0.4, 0.5) is 0 Å². The van der Waals surface area contributed by atoms with Gasteiger partial charge < -0.3 is 24.6 Å². The molecule has 0 spiro atoms. The van der Waals surface area contributed by atoms with Crippen LogP contribution in [0.1, 0.15) is 19.8 Å². The van der Waals surface area contributed by atoms with Crippen molar-refractivity contribution in [2.45, 2.75) is 25.4 Å². The lowest BCUT2D eigenvalue weighted by atomic mass is 9.93. The van der Waals surface area contributed by atoms with Crippen molar-refractivity contribution < 1.29 is 24.1 Å². The van der Waals surface area contributed by atoms with Crippen molar-refractivity contribution >= 4 is 5.91 Å². The van der Waals surface area contributed by atoms with Crippen LogP contribution < -0.4 is 5.32 Å². The van der Waals surface area contributed by atoms with Gasteiger partial charge in [-0.3, -0.25) is 4.79 Å². The number of hydrogen-bond acceptors (Lipinski definition) is 5. The molecule has 6 nitrogen and oxygen atoms in total. The summed E-state index contributed by atoms with van der Waals surface area (Å²) in [6.45, 7) is 5.35. The summed E-state index contributed by atoms with van der Waals surface area (Å²) in [5.41, 5.74) is -1.27. The van der Waals surface area contributed by atoms with Crippen molar-refractivity contribution in [2.75, 3.05) is 46.2 Å². The molecular weight excluding hydrogens is 238 g/mol. The SMILES string of the molecule is CCOCCOCCNC(=O)C1(O)CCOCC1. The highest BCUT2D eigenvalue weighted by molar-refractivity contribution is 5.84. The van der Waals surface area contributed by atoms with E-state index >= 15 is 0 Å². The minimum absolute atomic E-state index is 0.334. The minimum atomic E-state index is -1.27. The van der Waals surface area contributed by atoms with E-state index in [1.165, 1.54) is 0 Å². The molecule has 1 aliphatic rings. The zero-order chi connectivity index (χ0) is 13.3. The molecule has 106 valence electrons. The molecule has 0 aromatic heterocycles. The van der Waals surface area contributed by atoms with E-state index in [1.54, 1.807) is 0 Å². The van der Waals surface area contributed by atoms with Crippen molar-refractivity contribution in [3.05, 3.63) is 0 Å². The first-order chi connectivity index (χ1) is 8.69. The van der Waals surface area contributed by atoms with Gasteiger partial charge in [0.25, 0.3) is 5.91 Å². The summed E-state index contributed by atoms with van der Waals surface area (Å²) >= 11 is 0. The fourth-order valence-electron chi connectivity index (χ4n) is 1.70. The molecule has 2 N–H and O–H groups in total. The number of rotatable bonds is 8. The molecule has 0 radical (unpaired) electrons. The van der Waals surface area contributed by atoms with E-state index < -0.39 is 5.60 Å². The van der Waals surface area contributed by atoms with Crippen LogP contribution in [-0.2, 0) is 19.0 Å². The molecule has 1 heterocycles. The molecule has 1 rings (SSSR count). The van der Waals surface area contributed by atoms with Gasteiger partial charge in [-0.05, 0) is 6.92 Å². The monoisotopic (exact) mass is 261 g/mol. The number of carbonyl (C=O) groups excluding carboxylic acids is 1. The second kappa shape index (κ2) is 8.42. The summed E-state index contributed by atoms with van der Waals surface area (Å²) in [7, 11) is 0. The Morgan fingerprint density at radius 2 is 1.94 bits per heavy atom. The number of aliphatic hydroxyl groups is 1. The third-order valence-electron chi connectivity index (χ3n) is 2.85. The van der Waals surface area contributed by atoms with Crippen LogP contribution in [0.15, 0.2) is 0 Å². The highest BCUT2D eigenvalue weighted by Crippen LogP contribution is 2.20. The Balaban J connectivity index is 2.05. The molecule has 1 aliphatic heterocycles. The summed E-state index contributed by atoms with van der Waals surface area (Å²) < 4.78 is 15.5. The molecule has 0 aromatic rings. The van der Waals surface area contributed by atoms with E-state index in [9.17, 15) is 9.90 Å². The number of carbonyl (C=O) groups is 1. The molecule has 0 bridgehead atoms. The number of nitrogens with one attached hydrogen (secondary N) is 1. The summed E-state index contributed by atoms with van der Waals surface area (Å²) in [5, 5.41) is 12.7. The van der Waals surface area contributed by atoms with E-state index in [0.717, 1.165) is 0 Å². The maximum atomic E-state index is 11.8. The molecule has 1 saturated heterocycles.